The number of piperidine rings is 1. The molecule has 0 aliphatic carbocycles. The van der Waals surface area contributed by atoms with Gasteiger partial charge in [-0.1, -0.05) is 29.5 Å². The molecule has 0 radical (unpaired) electrons. The third-order valence-electron chi connectivity index (χ3n) is 6.29. The Kier molecular flexibility index (Phi) is 5.95. The van der Waals surface area contributed by atoms with Crippen LogP contribution in [0.3, 0.4) is 0 Å². The molecule has 0 saturated carbocycles. The average molecular weight is 445 g/mol. The molecule has 1 saturated heterocycles. The zero-order valence-corrected chi connectivity index (χ0v) is 19.1. The highest BCUT2D eigenvalue weighted by atomic mass is 16.1. The second-order valence-corrected chi connectivity index (χ2v) is 8.77. The van der Waals surface area contributed by atoms with Crippen LogP contribution in [-0.4, -0.2) is 65.3 Å². The first kappa shape index (κ1) is 21.4. The van der Waals surface area contributed by atoms with E-state index in [2.05, 4.69) is 43.5 Å². The monoisotopic (exact) mass is 444 g/mol. The predicted octanol–water partition coefficient (Wildman–Crippen LogP) is 3.09. The van der Waals surface area contributed by atoms with Crippen molar-refractivity contribution in [2.45, 2.75) is 38.6 Å². The van der Waals surface area contributed by atoms with Crippen LogP contribution in [-0.2, 0) is 13.5 Å². The standard InChI is InChI=1S/C24H28N8O/c1-3-8-31-9-6-21(7-10-31)32-16-23(27-29-32)24(33)13-20-12-19-11-17(4-5-18(19)14-25-20)22-15-30(2)28-26-22/h4-5,11-12,14-16,21H,3,6-10,13H2,1-2H3. The highest BCUT2D eigenvalue weighted by Crippen LogP contribution is 2.24. The van der Waals surface area contributed by atoms with Gasteiger partial charge in [0.2, 0.25) is 0 Å². The van der Waals surface area contributed by atoms with Crippen LogP contribution < -0.4 is 0 Å². The van der Waals surface area contributed by atoms with Gasteiger partial charge in [-0.2, -0.15) is 0 Å². The first-order chi connectivity index (χ1) is 16.1. The van der Waals surface area contributed by atoms with Gasteiger partial charge in [0.15, 0.2) is 5.78 Å². The fourth-order valence-corrected chi connectivity index (χ4v) is 4.48. The van der Waals surface area contributed by atoms with Crippen LogP contribution in [0.4, 0.5) is 0 Å². The van der Waals surface area contributed by atoms with E-state index in [0.717, 1.165) is 54.5 Å². The Hall–Kier alpha value is -3.46. The molecule has 1 fully saturated rings. The molecule has 4 heterocycles. The van der Waals surface area contributed by atoms with Gasteiger partial charge < -0.3 is 4.90 Å². The van der Waals surface area contributed by atoms with Crippen molar-refractivity contribution in [2.24, 2.45) is 7.05 Å². The predicted molar refractivity (Wildman–Crippen MR) is 125 cm³/mol. The molecule has 3 aromatic heterocycles. The van der Waals surface area contributed by atoms with Gasteiger partial charge in [-0.15, -0.1) is 10.2 Å². The summed E-state index contributed by atoms with van der Waals surface area (Å²) in [7, 11) is 1.84. The van der Waals surface area contributed by atoms with Crippen LogP contribution in [0.2, 0.25) is 0 Å². The third-order valence-corrected chi connectivity index (χ3v) is 6.29. The van der Waals surface area contributed by atoms with Crippen molar-refractivity contribution in [3.05, 3.63) is 54.2 Å². The summed E-state index contributed by atoms with van der Waals surface area (Å²) in [4.78, 5) is 19.9. The van der Waals surface area contributed by atoms with E-state index in [1.807, 2.05) is 36.1 Å². The number of hydrogen-bond donors (Lipinski definition) is 0. The van der Waals surface area contributed by atoms with E-state index in [4.69, 9.17) is 0 Å². The van der Waals surface area contributed by atoms with Crippen molar-refractivity contribution >= 4 is 16.6 Å². The quantitative estimate of drug-likeness (QED) is 0.404. The molecular formula is C24H28N8O. The number of aryl methyl sites for hydroxylation is 1. The normalized spacial score (nSPS) is 15.3. The first-order valence-electron chi connectivity index (χ1n) is 11.5. The Bertz CT molecular complexity index is 1270. The summed E-state index contributed by atoms with van der Waals surface area (Å²) in [5.74, 6) is -0.0680. The number of fused-ring (bicyclic) bond motifs is 1. The maximum atomic E-state index is 12.9. The lowest BCUT2D eigenvalue weighted by Gasteiger charge is -2.31. The molecule has 1 aliphatic heterocycles. The fraction of sp³-hybridized carbons (Fsp3) is 0.417. The second-order valence-electron chi connectivity index (χ2n) is 8.77. The lowest BCUT2D eigenvalue weighted by molar-refractivity contribution is 0.0987. The number of carbonyl (C=O) groups excluding carboxylic acids is 1. The van der Waals surface area contributed by atoms with Crippen molar-refractivity contribution in [1.29, 1.82) is 0 Å². The van der Waals surface area contributed by atoms with Gasteiger partial charge in [0.05, 0.1) is 24.9 Å². The van der Waals surface area contributed by atoms with Gasteiger partial charge in [0.25, 0.3) is 0 Å². The maximum Gasteiger partial charge on any atom is 0.190 e. The summed E-state index contributed by atoms with van der Waals surface area (Å²) in [5.41, 5.74) is 2.91. The van der Waals surface area contributed by atoms with Crippen molar-refractivity contribution in [1.82, 2.24) is 39.9 Å². The summed E-state index contributed by atoms with van der Waals surface area (Å²) in [6, 6.07) is 8.33. The van der Waals surface area contributed by atoms with E-state index in [-0.39, 0.29) is 12.2 Å². The number of aromatic nitrogens is 7. The number of pyridine rings is 1. The molecule has 0 bridgehead atoms. The number of nitrogens with zero attached hydrogens (tertiary/aromatic N) is 8. The molecule has 4 aromatic rings. The molecule has 0 atom stereocenters. The lowest BCUT2D eigenvalue weighted by atomic mass is 10.0. The number of hydrogen-bond acceptors (Lipinski definition) is 7. The third kappa shape index (κ3) is 4.68. The van der Waals surface area contributed by atoms with Crippen LogP contribution in [0, 0.1) is 0 Å². The minimum Gasteiger partial charge on any atom is -0.303 e. The van der Waals surface area contributed by atoms with Crippen LogP contribution in [0.5, 0.6) is 0 Å². The number of ketones is 1. The average Bonchev–Trinajstić information content (AvgIpc) is 3.49. The largest absolute Gasteiger partial charge is 0.303 e. The van der Waals surface area contributed by atoms with Crippen LogP contribution in [0.15, 0.2) is 42.9 Å². The SMILES string of the molecule is CCCN1CCC(n2cc(C(=O)Cc3cc4cc(-c5cn(C)nn5)ccc4cn3)nn2)CC1. The van der Waals surface area contributed by atoms with Gasteiger partial charge in [-0.25, -0.2) is 4.68 Å². The van der Waals surface area contributed by atoms with Crippen molar-refractivity contribution in [3.63, 3.8) is 0 Å². The Morgan fingerprint density at radius 2 is 1.91 bits per heavy atom. The molecule has 0 N–H and O–H groups in total. The number of rotatable bonds is 7. The molecule has 9 heteroatoms. The molecule has 1 aromatic carbocycles. The van der Waals surface area contributed by atoms with E-state index in [9.17, 15) is 4.79 Å². The van der Waals surface area contributed by atoms with Gasteiger partial charge in [0.1, 0.15) is 11.4 Å². The number of benzene rings is 1. The van der Waals surface area contributed by atoms with E-state index in [1.54, 1.807) is 17.1 Å². The Labute approximate surface area is 192 Å². The molecule has 33 heavy (non-hydrogen) atoms. The summed E-state index contributed by atoms with van der Waals surface area (Å²) >= 11 is 0. The summed E-state index contributed by atoms with van der Waals surface area (Å²) < 4.78 is 3.55. The van der Waals surface area contributed by atoms with Gasteiger partial charge >= 0.3 is 0 Å². The summed E-state index contributed by atoms with van der Waals surface area (Å²) in [5, 5.41) is 18.6. The minimum atomic E-state index is -0.0680. The number of likely N-dealkylation sites (tertiary alicyclic amines) is 1. The molecule has 5 rings (SSSR count). The minimum absolute atomic E-state index is 0.0680. The van der Waals surface area contributed by atoms with Gasteiger partial charge in [-0.3, -0.25) is 14.5 Å². The Morgan fingerprint density at radius 1 is 1.06 bits per heavy atom. The van der Waals surface area contributed by atoms with Crippen molar-refractivity contribution < 1.29 is 4.79 Å². The molecule has 0 spiro atoms. The zero-order valence-electron chi connectivity index (χ0n) is 19.1. The van der Waals surface area contributed by atoms with E-state index in [0.29, 0.717) is 17.4 Å². The smallest absolute Gasteiger partial charge is 0.190 e. The van der Waals surface area contributed by atoms with E-state index < -0.39 is 0 Å². The Morgan fingerprint density at radius 3 is 2.67 bits per heavy atom. The summed E-state index contributed by atoms with van der Waals surface area (Å²) in [6.07, 6.45) is 8.93. The highest BCUT2D eigenvalue weighted by Gasteiger charge is 2.22. The molecule has 1 aliphatic rings. The van der Waals surface area contributed by atoms with Crippen LogP contribution in [0.25, 0.3) is 22.0 Å². The molecule has 170 valence electrons. The van der Waals surface area contributed by atoms with Crippen LogP contribution in [0.1, 0.15) is 48.4 Å². The second kappa shape index (κ2) is 9.19. The van der Waals surface area contributed by atoms with Gasteiger partial charge in [0, 0.05) is 43.0 Å². The van der Waals surface area contributed by atoms with E-state index >= 15 is 0 Å². The van der Waals surface area contributed by atoms with Gasteiger partial charge in [-0.05, 0) is 43.3 Å². The van der Waals surface area contributed by atoms with Crippen LogP contribution >= 0.6 is 0 Å². The number of Topliss-reactive ketones (excluding diaryl/α,β-unsaturated/α-hetero) is 1. The lowest BCUT2D eigenvalue weighted by Crippen LogP contribution is -2.35. The maximum absolute atomic E-state index is 12.9. The molecule has 0 amide bonds. The van der Waals surface area contributed by atoms with Crippen molar-refractivity contribution in [3.8, 4) is 11.3 Å². The molecule has 9 nitrogen and oxygen atoms in total. The van der Waals surface area contributed by atoms with E-state index in [1.165, 1.54) is 6.42 Å². The Balaban J connectivity index is 1.28. The molecular weight excluding hydrogens is 416 g/mol. The fourth-order valence-electron chi connectivity index (χ4n) is 4.48. The summed E-state index contributed by atoms with van der Waals surface area (Å²) in [6.45, 7) is 5.49. The topological polar surface area (TPSA) is 94.6 Å². The van der Waals surface area contributed by atoms with Crippen molar-refractivity contribution in [2.75, 3.05) is 19.6 Å². The first-order valence-corrected chi connectivity index (χ1v) is 11.5. The zero-order chi connectivity index (χ0) is 22.8. The number of carbonyl (C=O) groups is 1. The molecule has 0 unspecified atom stereocenters. The highest BCUT2D eigenvalue weighted by molar-refractivity contribution is 5.96.